The van der Waals surface area contributed by atoms with Gasteiger partial charge in [0.1, 0.15) is 5.00 Å². The van der Waals surface area contributed by atoms with Gasteiger partial charge in [-0.3, -0.25) is 0 Å². The predicted molar refractivity (Wildman–Crippen MR) is 80.4 cm³/mol. The third-order valence-electron chi connectivity index (χ3n) is 2.86. The summed E-state index contributed by atoms with van der Waals surface area (Å²) in [5.41, 5.74) is 1.32. The molecule has 2 rings (SSSR count). The molecule has 1 heterocycles. The van der Waals surface area contributed by atoms with E-state index < -0.39 is 0 Å². The largest absolute Gasteiger partial charge is 0.375 e. The van der Waals surface area contributed by atoms with Crippen LogP contribution < -0.4 is 5.32 Å². The minimum absolute atomic E-state index is 0.245. The highest BCUT2D eigenvalue weighted by atomic mass is 32.1. The summed E-state index contributed by atoms with van der Waals surface area (Å²) in [7, 11) is 4.23. The fourth-order valence-corrected chi connectivity index (χ4v) is 3.00. The summed E-state index contributed by atoms with van der Waals surface area (Å²) >= 11 is 1.55. The van der Waals surface area contributed by atoms with E-state index in [2.05, 4.69) is 60.7 Å². The van der Waals surface area contributed by atoms with Crippen molar-refractivity contribution >= 4 is 27.4 Å². The molecule has 1 aromatic carbocycles. The molecule has 0 aliphatic carbocycles. The molecule has 0 aliphatic heterocycles. The number of fused-ring (bicyclic) bond motifs is 1. The van der Waals surface area contributed by atoms with Gasteiger partial charge in [0.05, 0.1) is 5.52 Å². The third kappa shape index (κ3) is 3.21. The average Bonchev–Trinajstić information content (AvgIpc) is 2.68. The van der Waals surface area contributed by atoms with Crippen molar-refractivity contribution in [3.63, 3.8) is 0 Å². The Hall–Kier alpha value is -1.13. The Morgan fingerprint density at radius 1 is 1.28 bits per heavy atom. The number of nitrogens with one attached hydrogen (secondary N) is 1. The highest BCUT2D eigenvalue weighted by Gasteiger charge is 2.19. The normalized spacial score (nSPS) is 12.3. The van der Waals surface area contributed by atoms with E-state index in [-0.39, 0.29) is 5.41 Å². The molecule has 3 nitrogen and oxygen atoms in total. The fourth-order valence-electron chi connectivity index (χ4n) is 2.25. The van der Waals surface area contributed by atoms with Gasteiger partial charge in [-0.25, -0.2) is 0 Å². The molecular weight excluding hydrogens is 242 g/mol. The zero-order valence-electron chi connectivity index (χ0n) is 11.5. The van der Waals surface area contributed by atoms with Crippen molar-refractivity contribution < 1.29 is 0 Å². The molecule has 4 heteroatoms. The molecule has 0 atom stereocenters. The van der Waals surface area contributed by atoms with Gasteiger partial charge in [0.2, 0.25) is 0 Å². The Morgan fingerprint density at radius 2 is 2.00 bits per heavy atom. The van der Waals surface area contributed by atoms with Crippen molar-refractivity contribution in [2.45, 2.75) is 13.8 Å². The number of benzene rings is 1. The summed E-state index contributed by atoms with van der Waals surface area (Å²) in [5, 5.41) is 5.95. The van der Waals surface area contributed by atoms with Crippen LogP contribution >= 0.6 is 11.5 Å². The predicted octanol–water partition coefficient (Wildman–Crippen LogP) is 3.30. The lowest BCUT2D eigenvalue weighted by Gasteiger charge is -2.28. The van der Waals surface area contributed by atoms with E-state index in [1.165, 1.54) is 10.4 Å². The average molecular weight is 263 g/mol. The highest BCUT2D eigenvalue weighted by Crippen LogP contribution is 2.28. The third-order valence-corrected chi connectivity index (χ3v) is 3.69. The zero-order valence-corrected chi connectivity index (χ0v) is 12.3. The van der Waals surface area contributed by atoms with E-state index in [1.807, 2.05) is 6.07 Å². The number of rotatable bonds is 5. The molecule has 0 aliphatic rings. The van der Waals surface area contributed by atoms with Crippen molar-refractivity contribution in [3.8, 4) is 0 Å². The van der Waals surface area contributed by atoms with Gasteiger partial charge in [0.25, 0.3) is 0 Å². The Kier molecular flexibility index (Phi) is 3.88. The van der Waals surface area contributed by atoms with Gasteiger partial charge in [-0.15, -0.1) is 0 Å². The van der Waals surface area contributed by atoms with Gasteiger partial charge in [0, 0.05) is 18.5 Å². The van der Waals surface area contributed by atoms with Crippen molar-refractivity contribution in [2.75, 3.05) is 32.5 Å². The first-order chi connectivity index (χ1) is 8.48. The van der Waals surface area contributed by atoms with Gasteiger partial charge in [0.15, 0.2) is 0 Å². The Morgan fingerprint density at radius 3 is 2.72 bits per heavy atom. The second kappa shape index (κ2) is 5.24. The first-order valence-corrected chi connectivity index (χ1v) is 6.98. The Labute approximate surface area is 113 Å². The minimum Gasteiger partial charge on any atom is -0.375 e. The van der Waals surface area contributed by atoms with Crippen LogP contribution in [0.5, 0.6) is 0 Å². The maximum atomic E-state index is 4.45. The van der Waals surface area contributed by atoms with Crippen LogP contribution in [0.25, 0.3) is 10.9 Å². The van der Waals surface area contributed by atoms with E-state index in [4.69, 9.17) is 0 Å². The number of hydrogen-bond donors (Lipinski definition) is 1. The fraction of sp³-hybridized carbons (Fsp3) is 0.500. The molecule has 1 aromatic heterocycles. The molecule has 0 radical (unpaired) electrons. The lowest BCUT2D eigenvalue weighted by atomic mass is 9.93. The van der Waals surface area contributed by atoms with Crippen LogP contribution in [0.1, 0.15) is 13.8 Å². The first kappa shape index (κ1) is 13.3. The SMILES string of the molecule is CN(C)CC(C)(C)CNc1snc2ccccc12. The van der Waals surface area contributed by atoms with E-state index >= 15 is 0 Å². The van der Waals surface area contributed by atoms with Crippen molar-refractivity contribution in [1.82, 2.24) is 9.27 Å². The number of aromatic nitrogens is 1. The maximum Gasteiger partial charge on any atom is 0.117 e. The summed E-state index contributed by atoms with van der Waals surface area (Å²) in [6.45, 7) is 6.58. The molecule has 0 bridgehead atoms. The molecule has 98 valence electrons. The smallest absolute Gasteiger partial charge is 0.117 e. The molecule has 0 saturated carbocycles. The number of anilines is 1. The van der Waals surface area contributed by atoms with Crippen LogP contribution in [-0.4, -0.2) is 36.5 Å². The van der Waals surface area contributed by atoms with Crippen molar-refractivity contribution in [1.29, 1.82) is 0 Å². The zero-order chi connectivity index (χ0) is 13.2. The highest BCUT2D eigenvalue weighted by molar-refractivity contribution is 7.11. The van der Waals surface area contributed by atoms with Crippen molar-refractivity contribution in [2.24, 2.45) is 5.41 Å². The lowest BCUT2D eigenvalue weighted by molar-refractivity contribution is 0.254. The molecule has 0 amide bonds. The monoisotopic (exact) mass is 263 g/mol. The van der Waals surface area contributed by atoms with Crippen LogP contribution in [0.3, 0.4) is 0 Å². The van der Waals surface area contributed by atoms with E-state index in [1.54, 1.807) is 11.5 Å². The van der Waals surface area contributed by atoms with E-state index in [9.17, 15) is 0 Å². The summed E-state index contributed by atoms with van der Waals surface area (Å²) in [6, 6.07) is 8.27. The van der Waals surface area contributed by atoms with Crippen LogP contribution in [0.15, 0.2) is 24.3 Å². The minimum atomic E-state index is 0.245. The van der Waals surface area contributed by atoms with Crippen molar-refractivity contribution in [3.05, 3.63) is 24.3 Å². The summed E-state index contributed by atoms with van der Waals surface area (Å²) in [6.07, 6.45) is 0. The molecule has 1 N–H and O–H groups in total. The van der Waals surface area contributed by atoms with Gasteiger partial charge in [-0.2, -0.15) is 4.37 Å². The second-order valence-corrected chi connectivity index (χ2v) is 6.56. The topological polar surface area (TPSA) is 28.2 Å². The molecule has 0 unspecified atom stereocenters. The van der Waals surface area contributed by atoms with Gasteiger partial charge < -0.3 is 10.2 Å². The van der Waals surface area contributed by atoms with Gasteiger partial charge >= 0.3 is 0 Å². The van der Waals surface area contributed by atoms with E-state index in [0.29, 0.717) is 0 Å². The molecule has 2 aromatic rings. The summed E-state index contributed by atoms with van der Waals surface area (Å²) in [4.78, 5) is 2.23. The van der Waals surface area contributed by atoms with Gasteiger partial charge in [-0.1, -0.05) is 26.0 Å². The molecule has 0 fully saturated rings. The van der Waals surface area contributed by atoms with Gasteiger partial charge in [-0.05, 0) is 43.2 Å². The standard InChI is InChI=1S/C14H21N3S/c1-14(2,10-17(3)4)9-15-13-11-7-5-6-8-12(11)16-18-13/h5-8,15H,9-10H2,1-4H3. The molecule has 0 saturated heterocycles. The van der Waals surface area contributed by atoms with E-state index in [0.717, 1.165) is 18.6 Å². The number of nitrogens with zero attached hydrogens (tertiary/aromatic N) is 2. The molecule has 18 heavy (non-hydrogen) atoms. The number of hydrogen-bond acceptors (Lipinski definition) is 4. The van der Waals surface area contributed by atoms with Crippen LogP contribution in [0, 0.1) is 5.41 Å². The van der Waals surface area contributed by atoms with Crippen LogP contribution in [0.4, 0.5) is 5.00 Å². The Balaban J connectivity index is 2.06. The maximum absolute atomic E-state index is 4.45. The van der Waals surface area contributed by atoms with Crippen LogP contribution in [0.2, 0.25) is 0 Å². The van der Waals surface area contributed by atoms with Crippen LogP contribution in [-0.2, 0) is 0 Å². The Bertz CT molecular complexity index is 516. The summed E-state index contributed by atoms with van der Waals surface area (Å²) < 4.78 is 4.45. The molecule has 0 spiro atoms. The quantitative estimate of drug-likeness (QED) is 0.897. The second-order valence-electron chi connectivity index (χ2n) is 5.78. The lowest BCUT2D eigenvalue weighted by Crippen LogP contribution is -2.34. The summed E-state index contributed by atoms with van der Waals surface area (Å²) in [5.74, 6) is 0. The molecular formula is C14H21N3S. The first-order valence-electron chi connectivity index (χ1n) is 6.21.